The number of rotatable bonds is 3. The molecule has 0 N–H and O–H groups in total. The molecular weight excluding hydrogens is 206 g/mol. The minimum Gasteiger partial charge on any atom is -0.485 e. The third kappa shape index (κ3) is 2.04. The number of hydrogen-bond acceptors (Lipinski definition) is 4. The van der Waals surface area contributed by atoms with Crippen LogP contribution in [0, 0.1) is 11.3 Å². The van der Waals surface area contributed by atoms with Crippen LogP contribution in [0.2, 0.25) is 0 Å². The summed E-state index contributed by atoms with van der Waals surface area (Å²) in [6.07, 6.45) is 0.242. The van der Waals surface area contributed by atoms with E-state index in [9.17, 15) is 4.79 Å². The van der Waals surface area contributed by atoms with Crippen molar-refractivity contribution in [2.75, 3.05) is 6.61 Å². The third-order valence-corrected chi connectivity index (χ3v) is 2.08. The highest BCUT2D eigenvalue weighted by atomic mass is 16.5. The van der Waals surface area contributed by atoms with Gasteiger partial charge in [0.05, 0.1) is 12.5 Å². The van der Waals surface area contributed by atoms with Crippen LogP contribution in [0.4, 0.5) is 0 Å². The summed E-state index contributed by atoms with van der Waals surface area (Å²) in [6, 6.07) is 10.7. The van der Waals surface area contributed by atoms with Gasteiger partial charge in [-0.1, -0.05) is 18.2 Å². The van der Waals surface area contributed by atoms with E-state index in [1.165, 1.54) is 0 Å². The molecule has 0 saturated carbocycles. The van der Waals surface area contributed by atoms with Crippen molar-refractivity contribution in [1.29, 1.82) is 5.26 Å². The molecule has 2 aromatic rings. The molecule has 0 aliphatic carbocycles. The van der Waals surface area contributed by atoms with Gasteiger partial charge >= 0.3 is 5.63 Å². The average Bonchev–Trinajstić information content (AvgIpc) is 2.30. The summed E-state index contributed by atoms with van der Waals surface area (Å²) in [5.74, 6) is 0.147. The molecule has 0 aliphatic heterocycles. The zero-order valence-electron chi connectivity index (χ0n) is 8.47. The van der Waals surface area contributed by atoms with Crippen molar-refractivity contribution < 1.29 is 9.15 Å². The van der Waals surface area contributed by atoms with Crippen molar-refractivity contribution in [3.8, 4) is 11.8 Å². The van der Waals surface area contributed by atoms with Gasteiger partial charge in [0.2, 0.25) is 5.75 Å². The molecule has 0 unspecified atom stereocenters. The van der Waals surface area contributed by atoms with Crippen LogP contribution < -0.4 is 10.4 Å². The van der Waals surface area contributed by atoms with Crippen molar-refractivity contribution in [3.05, 3.63) is 40.8 Å². The standard InChI is InChI=1S/C12H9NO3/c13-6-3-7-15-11-8-9-4-1-2-5-10(9)16-12(11)14/h1-2,4-5,8H,3,7H2. The molecule has 2 rings (SSSR count). The molecule has 0 atom stereocenters. The number of hydrogen-bond donors (Lipinski definition) is 0. The highest BCUT2D eigenvalue weighted by Gasteiger charge is 2.05. The van der Waals surface area contributed by atoms with E-state index in [0.717, 1.165) is 5.39 Å². The maximum absolute atomic E-state index is 11.5. The number of fused-ring (bicyclic) bond motifs is 1. The molecule has 0 aliphatic rings. The van der Waals surface area contributed by atoms with Gasteiger partial charge in [-0.3, -0.25) is 0 Å². The highest BCUT2D eigenvalue weighted by molar-refractivity contribution is 5.77. The first-order chi connectivity index (χ1) is 7.81. The lowest BCUT2D eigenvalue weighted by Gasteiger charge is -2.02. The molecule has 0 bridgehead atoms. The van der Waals surface area contributed by atoms with Crippen LogP contribution in [0.5, 0.6) is 5.75 Å². The maximum Gasteiger partial charge on any atom is 0.379 e. The van der Waals surface area contributed by atoms with Gasteiger partial charge in [0.1, 0.15) is 12.2 Å². The van der Waals surface area contributed by atoms with Gasteiger partial charge in [-0.05, 0) is 12.1 Å². The van der Waals surface area contributed by atoms with Crippen molar-refractivity contribution in [3.63, 3.8) is 0 Å². The Kier molecular flexibility index (Phi) is 2.88. The summed E-state index contributed by atoms with van der Waals surface area (Å²) < 4.78 is 10.2. The van der Waals surface area contributed by atoms with Gasteiger partial charge in [-0.25, -0.2) is 4.79 Å². The summed E-state index contributed by atoms with van der Waals surface area (Å²) in [5.41, 5.74) is 0.0109. The van der Waals surface area contributed by atoms with Crippen LogP contribution in [0.25, 0.3) is 11.0 Å². The van der Waals surface area contributed by atoms with E-state index < -0.39 is 5.63 Å². The molecule has 0 saturated heterocycles. The molecule has 0 radical (unpaired) electrons. The molecule has 1 aromatic heterocycles. The summed E-state index contributed by atoms with van der Waals surface area (Å²) in [6.45, 7) is 0.194. The Hall–Kier alpha value is -2.28. The SMILES string of the molecule is N#CCCOc1cc2ccccc2oc1=O. The molecule has 0 amide bonds. The number of ether oxygens (including phenoxy) is 1. The monoisotopic (exact) mass is 215 g/mol. The Morgan fingerprint density at radius 1 is 1.38 bits per heavy atom. The normalized spacial score (nSPS) is 9.94. The first-order valence-corrected chi connectivity index (χ1v) is 4.84. The van der Waals surface area contributed by atoms with Crippen LogP contribution in [0.1, 0.15) is 6.42 Å². The van der Waals surface area contributed by atoms with Gasteiger partial charge in [0, 0.05) is 5.39 Å². The summed E-state index contributed by atoms with van der Waals surface area (Å²) in [7, 11) is 0. The fourth-order valence-corrected chi connectivity index (χ4v) is 1.35. The van der Waals surface area contributed by atoms with Gasteiger partial charge in [-0.2, -0.15) is 5.26 Å². The largest absolute Gasteiger partial charge is 0.485 e. The van der Waals surface area contributed by atoms with E-state index in [-0.39, 0.29) is 18.8 Å². The van der Waals surface area contributed by atoms with Crippen molar-refractivity contribution >= 4 is 11.0 Å². The van der Waals surface area contributed by atoms with E-state index in [0.29, 0.717) is 5.58 Å². The predicted octanol–water partition coefficient (Wildman–Crippen LogP) is 2.09. The molecule has 1 heterocycles. The lowest BCUT2D eigenvalue weighted by Crippen LogP contribution is -2.07. The number of para-hydroxylation sites is 1. The van der Waals surface area contributed by atoms with E-state index in [1.807, 2.05) is 18.2 Å². The van der Waals surface area contributed by atoms with Crippen LogP contribution in [-0.2, 0) is 0 Å². The topological polar surface area (TPSA) is 63.2 Å². The number of nitrogens with zero attached hydrogens (tertiary/aromatic N) is 1. The quantitative estimate of drug-likeness (QED) is 0.580. The average molecular weight is 215 g/mol. The zero-order valence-corrected chi connectivity index (χ0v) is 8.47. The van der Waals surface area contributed by atoms with Crippen LogP contribution in [0.15, 0.2) is 39.5 Å². The smallest absolute Gasteiger partial charge is 0.379 e. The molecule has 4 nitrogen and oxygen atoms in total. The van der Waals surface area contributed by atoms with Crippen LogP contribution >= 0.6 is 0 Å². The third-order valence-electron chi connectivity index (χ3n) is 2.08. The second-order valence-corrected chi connectivity index (χ2v) is 3.19. The Morgan fingerprint density at radius 2 is 2.19 bits per heavy atom. The lowest BCUT2D eigenvalue weighted by atomic mass is 10.2. The summed E-state index contributed by atoms with van der Waals surface area (Å²) in [4.78, 5) is 11.5. The van der Waals surface area contributed by atoms with Gasteiger partial charge in [0.25, 0.3) is 0 Å². The Labute approximate surface area is 91.7 Å². The molecule has 4 heteroatoms. The Morgan fingerprint density at radius 3 is 3.00 bits per heavy atom. The fourth-order valence-electron chi connectivity index (χ4n) is 1.35. The molecular formula is C12H9NO3. The van der Waals surface area contributed by atoms with E-state index in [1.54, 1.807) is 18.2 Å². The van der Waals surface area contributed by atoms with Crippen LogP contribution in [0.3, 0.4) is 0 Å². The second-order valence-electron chi connectivity index (χ2n) is 3.19. The minimum atomic E-state index is -0.517. The highest BCUT2D eigenvalue weighted by Crippen LogP contribution is 2.16. The van der Waals surface area contributed by atoms with E-state index in [2.05, 4.69) is 0 Å². The van der Waals surface area contributed by atoms with Gasteiger partial charge in [-0.15, -0.1) is 0 Å². The summed E-state index contributed by atoms with van der Waals surface area (Å²) >= 11 is 0. The van der Waals surface area contributed by atoms with Gasteiger partial charge in [0.15, 0.2) is 0 Å². The fraction of sp³-hybridized carbons (Fsp3) is 0.167. The van der Waals surface area contributed by atoms with E-state index >= 15 is 0 Å². The summed E-state index contributed by atoms with van der Waals surface area (Å²) in [5, 5.41) is 9.15. The lowest BCUT2D eigenvalue weighted by molar-refractivity contribution is 0.310. The number of benzene rings is 1. The maximum atomic E-state index is 11.5. The Bertz CT molecular complexity index is 595. The first kappa shape index (κ1) is 10.2. The zero-order chi connectivity index (χ0) is 11.4. The number of nitriles is 1. The first-order valence-electron chi connectivity index (χ1n) is 4.84. The van der Waals surface area contributed by atoms with Crippen molar-refractivity contribution in [1.82, 2.24) is 0 Å². The van der Waals surface area contributed by atoms with Crippen LogP contribution in [-0.4, -0.2) is 6.61 Å². The molecule has 0 fully saturated rings. The van der Waals surface area contributed by atoms with Gasteiger partial charge < -0.3 is 9.15 Å². The predicted molar refractivity (Wildman–Crippen MR) is 58.2 cm³/mol. The Balaban J connectivity index is 2.36. The van der Waals surface area contributed by atoms with Crippen molar-refractivity contribution in [2.45, 2.75) is 6.42 Å². The second kappa shape index (κ2) is 4.49. The molecule has 0 spiro atoms. The van der Waals surface area contributed by atoms with E-state index in [4.69, 9.17) is 14.4 Å². The molecule has 80 valence electrons. The minimum absolute atomic E-state index is 0.147. The van der Waals surface area contributed by atoms with Crippen molar-refractivity contribution in [2.24, 2.45) is 0 Å². The molecule has 16 heavy (non-hydrogen) atoms. The molecule has 1 aromatic carbocycles.